The van der Waals surface area contributed by atoms with Crippen molar-refractivity contribution in [3.63, 3.8) is 0 Å². The number of hydrogen-bond acceptors (Lipinski definition) is 7. The van der Waals surface area contributed by atoms with E-state index < -0.39 is 42.8 Å². The molecule has 0 radical (unpaired) electrons. The van der Waals surface area contributed by atoms with Crippen LogP contribution in [0, 0.1) is 0 Å². The van der Waals surface area contributed by atoms with E-state index >= 15 is 0 Å². The van der Waals surface area contributed by atoms with Gasteiger partial charge in [-0.1, -0.05) is 0 Å². The zero-order valence-electron chi connectivity index (χ0n) is 7.73. The summed E-state index contributed by atoms with van der Waals surface area (Å²) in [5, 5.41) is 39.8. The van der Waals surface area contributed by atoms with E-state index in [1.165, 1.54) is 0 Å². The fourth-order valence-electron chi connectivity index (χ4n) is 1.03. The zero-order valence-corrected chi connectivity index (χ0v) is 7.73. The summed E-state index contributed by atoms with van der Waals surface area (Å²) < 4.78 is 0. The van der Waals surface area contributed by atoms with Gasteiger partial charge in [-0.25, -0.2) is 0 Å². The molecule has 15 heavy (non-hydrogen) atoms. The van der Waals surface area contributed by atoms with E-state index in [0.717, 1.165) is 0 Å². The Labute approximate surface area is 85.0 Å². The van der Waals surface area contributed by atoms with E-state index in [1.54, 1.807) is 0 Å². The van der Waals surface area contributed by atoms with Gasteiger partial charge in [-0.3, -0.25) is 0 Å². The molecular weight excluding hydrogens is 208 g/mol. The van der Waals surface area contributed by atoms with Crippen molar-refractivity contribution < 1.29 is 34.8 Å². The maximum absolute atomic E-state index is 10.4. The first-order valence-corrected chi connectivity index (χ1v) is 4.11. The van der Waals surface area contributed by atoms with E-state index in [0.29, 0.717) is 0 Å². The molecule has 1 N–H and O–H groups in total. The number of carbonyl (C=O) groups excluding carboxylic acids is 3. The van der Waals surface area contributed by atoms with Crippen LogP contribution in [0.25, 0.3) is 0 Å². The molecule has 0 aliphatic rings. The first-order valence-electron chi connectivity index (χ1n) is 4.11. The Morgan fingerprint density at radius 1 is 1.07 bits per heavy atom. The molecule has 0 saturated heterocycles. The van der Waals surface area contributed by atoms with Gasteiger partial charge in [0.25, 0.3) is 0 Å². The SMILES string of the molecule is O=C([O-])CCC[C@@](O)(CC(=O)[O-])C(=O)[O-]. The standard InChI is InChI=1S/C8H12O7/c9-5(10)2-1-3-8(15,7(13)14)4-6(11)12/h15H,1-4H2,(H,9,10)(H,11,12)(H,13,14)/p-3/t8-/m1/s1. The third-order valence-corrected chi connectivity index (χ3v) is 1.79. The van der Waals surface area contributed by atoms with E-state index in [2.05, 4.69) is 0 Å². The summed E-state index contributed by atoms with van der Waals surface area (Å²) in [6.07, 6.45) is -2.37. The Hall–Kier alpha value is -1.63. The number of rotatable bonds is 7. The van der Waals surface area contributed by atoms with E-state index in [9.17, 15) is 34.8 Å². The summed E-state index contributed by atoms with van der Waals surface area (Å²) in [6.45, 7) is 0. The topological polar surface area (TPSA) is 141 Å². The van der Waals surface area contributed by atoms with Gasteiger partial charge in [-0.2, -0.15) is 0 Å². The Bertz CT molecular complexity index is 272. The molecule has 0 fully saturated rings. The summed E-state index contributed by atoms with van der Waals surface area (Å²) in [6, 6.07) is 0. The van der Waals surface area contributed by atoms with Gasteiger partial charge >= 0.3 is 0 Å². The number of aliphatic hydroxyl groups is 1. The minimum Gasteiger partial charge on any atom is -0.550 e. The molecule has 0 amide bonds. The second-order valence-corrected chi connectivity index (χ2v) is 3.09. The Morgan fingerprint density at radius 2 is 1.60 bits per heavy atom. The lowest BCUT2D eigenvalue weighted by Crippen LogP contribution is -2.51. The molecule has 0 rings (SSSR count). The fourth-order valence-corrected chi connectivity index (χ4v) is 1.03. The normalized spacial score (nSPS) is 14.2. The van der Waals surface area contributed by atoms with Crippen LogP contribution in [-0.2, 0) is 14.4 Å². The van der Waals surface area contributed by atoms with E-state index in [-0.39, 0.29) is 6.42 Å². The highest BCUT2D eigenvalue weighted by molar-refractivity contribution is 5.81. The highest BCUT2D eigenvalue weighted by atomic mass is 16.4. The Balaban J connectivity index is 4.32. The summed E-state index contributed by atoms with van der Waals surface area (Å²) in [7, 11) is 0. The molecule has 7 heteroatoms. The van der Waals surface area contributed by atoms with Crippen molar-refractivity contribution >= 4 is 17.9 Å². The quantitative estimate of drug-likeness (QED) is 0.453. The van der Waals surface area contributed by atoms with Crippen molar-refractivity contribution in [1.29, 1.82) is 0 Å². The lowest BCUT2D eigenvalue weighted by Gasteiger charge is -2.29. The van der Waals surface area contributed by atoms with Crippen LogP contribution in [0.5, 0.6) is 0 Å². The zero-order chi connectivity index (χ0) is 12.1. The molecule has 0 unspecified atom stereocenters. The molecule has 0 aliphatic heterocycles. The maximum atomic E-state index is 10.4. The number of carboxylic acids is 3. The van der Waals surface area contributed by atoms with Crippen molar-refractivity contribution in [2.45, 2.75) is 31.3 Å². The lowest BCUT2D eigenvalue weighted by molar-refractivity contribution is -0.334. The average Bonchev–Trinajstić information content (AvgIpc) is 2.01. The fraction of sp³-hybridized carbons (Fsp3) is 0.625. The number of carboxylic acid groups (broad SMARTS) is 3. The number of aliphatic carboxylic acids is 3. The van der Waals surface area contributed by atoms with Gasteiger partial charge in [0.05, 0.1) is 5.97 Å². The molecule has 0 saturated carbocycles. The van der Waals surface area contributed by atoms with Crippen molar-refractivity contribution in [2.24, 2.45) is 0 Å². The second kappa shape index (κ2) is 5.30. The largest absolute Gasteiger partial charge is 0.550 e. The molecule has 7 nitrogen and oxygen atoms in total. The van der Waals surface area contributed by atoms with Crippen LogP contribution in [0.2, 0.25) is 0 Å². The predicted octanol–water partition coefficient (Wildman–Crippen LogP) is -4.47. The number of hydrogen-bond donors (Lipinski definition) is 1. The minimum absolute atomic E-state index is 0.222. The summed E-state index contributed by atoms with van der Waals surface area (Å²) >= 11 is 0. The highest BCUT2D eigenvalue weighted by Crippen LogP contribution is 2.17. The molecule has 86 valence electrons. The van der Waals surface area contributed by atoms with Gasteiger partial charge in [-0.15, -0.1) is 0 Å². The van der Waals surface area contributed by atoms with Crippen LogP contribution >= 0.6 is 0 Å². The molecule has 0 bridgehead atoms. The first kappa shape index (κ1) is 13.4. The second-order valence-electron chi connectivity index (χ2n) is 3.09. The smallest absolute Gasteiger partial charge is 0.109 e. The third-order valence-electron chi connectivity index (χ3n) is 1.79. The van der Waals surface area contributed by atoms with Gasteiger partial charge in [0.2, 0.25) is 0 Å². The molecule has 1 atom stereocenters. The molecule has 0 aliphatic carbocycles. The van der Waals surface area contributed by atoms with Crippen LogP contribution in [0.15, 0.2) is 0 Å². The Morgan fingerprint density at radius 3 is 1.93 bits per heavy atom. The molecule has 0 aromatic rings. The van der Waals surface area contributed by atoms with Crippen molar-refractivity contribution in [2.75, 3.05) is 0 Å². The molecule has 0 spiro atoms. The van der Waals surface area contributed by atoms with Gasteiger partial charge in [-0.05, 0) is 19.3 Å². The average molecular weight is 217 g/mol. The van der Waals surface area contributed by atoms with Gasteiger partial charge in [0, 0.05) is 18.4 Å². The van der Waals surface area contributed by atoms with Gasteiger partial charge < -0.3 is 34.8 Å². The predicted molar refractivity (Wildman–Crippen MR) is 38.4 cm³/mol. The molecule has 0 aromatic heterocycles. The number of carbonyl (C=O) groups is 3. The van der Waals surface area contributed by atoms with Crippen LogP contribution in [0.4, 0.5) is 0 Å². The van der Waals surface area contributed by atoms with Crippen LogP contribution in [-0.4, -0.2) is 28.6 Å². The van der Waals surface area contributed by atoms with Crippen molar-refractivity contribution in [3.05, 3.63) is 0 Å². The van der Waals surface area contributed by atoms with Gasteiger partial charge in [0.15, 0.2) is 0 Å². The third kappa shape index (κ3) is 4.96. The van der Waals surface area contributed by atoms with Crippen molar-refractivity contribution in [1.82, 2.24) is 0 Å². The molecule has 0 heterocycles. The minimum atomic E-state index is -2.59. The highest BCUT2D eigenvalue weighted by Gasteiger charge is 2.28. The summed E-state index contributed by atoms with van der Waals surface area (Å²) in [5.41, 5.74) is -2.59. The van der Waals surface area contributed by atoms with E-state index in [4.69, 9.17) is 0 Å². The van der Waals surface area contributed by atoms with Crippen molar-refractivity contribution in [3.8, 4) is 0 Å². The van der Waals surface area contributed by atoms with Crippen LogP contribution < -0.4 is 15.3 Å². The monoisotopic (exact) mass is 217 g/mol. The van der Waals surface area contributed by atoms with E-state index in [1.807, 2.05) is 0 Å². The molecule has 0 aromatic carbocycles. The maximum Gasteiger partial charge on any atom is 0.109 e. The first-order chi connectivity index (χ1) is 6.78. The summed E-state index contributed by atoms with van der Waals surface area (Å²) in [4.78, 5) is 30.5. The molecular formula is C8H9O7-3. The van der Waals surface area contributed by atoms with Crippen LogP contribution in [0.3, 0.4) is 0 Å². The Kier molecular flexibility index (Phi) is 4.72. The van der Waals surface area contributed by atoms with Gasteiger partial charge in [0.1, 0.15) is 5.60 Å². The van der Waals surface area contributed by atoms with Crippen LogP contribution in [0.1, 0.15) is 25.7 Å². The lowest BCUT2D eigenvalue weighted by atomic mass is 9.93. The summed E-state index contributed by atoms with van der Waals surface area (Å²) in [5.74, 6) is -5.13.